The molecule has 0 spiro atoms. The second-order valence-electron chi connectivity index (χ2n) is 5.01. The normalized spacial score (nSPS) is 16.1. The highest BCUT2D eigenvalue weighted by atomic mass is 16.5. The van der Waals surface area contributed by atoms with E-state index in [0.717, 1.165) is 18.6 Å². The number of rotatable bonds is 6. The molecular weight excluding hydrogens is 260 g/mol. The van der Waals surface area contributed by atoms with E-state index >= 15 is 0 Å². The van der Waals surface area contributed by atoms with Gasteiger partial charge in [-0.25, -0.2) is 0 Å². The van der Waals surface area contributed by atoms with E-state index in [-0.39, 0.29) is 5.91 Å². The topological polar surface area (TPSA) is 88.5 Å². The van der Waals surface area contributed by atoms with Crippen LogP contribution in [0.2, 0.25) is 0 Å². The lowest BCUT2D eigenvalue weighted by atomic mass is 10.1. The molecule has 1 aliphatic carbocycles. The van der Waals surface area contributed by atoms with E-state index in [1.165, 1.54) is 12.5 Å². The first-order valence-corrected chi connectivity index (χ1v) is 6.69. The molecule has 1 unspecified atom stereocenters. The van der Waals surface area contributed by atoms with Crippen molar-refractivity contribution in [1.82, 2.24) is 10.5 Å². The molecule has 1 saturated carbocycles. The van der Waals surface area contributed by atoms with Crippen LogP contribution in [0.3, 0.4) is 0 Å². The molecular formula is C14H16N2O4. The number of aromatic nitrogens is 1. The van der Waals surface area contributed by atoms with Crippen LogP contribution in [0.4, 0.5) is 0 Å². The summed E-state index contributed by atoms with van der Waals surface area (Å²) in [5, 5.41) is 16.3. The van der Waals surface area contributed by atoms with Gasteiger partial charge in [0.25, 0.3) is 5.91 Å². The van der Waals surface area contributed by atoms with E-state index in [1.54, 1.807) is 12.1 Å². The second-order valence-corrected chi connectivity index (χ2v) is 5.01. The summed E-state index contributed by atoms with van der Waals surface area (Å²) in [6.45, 7) is 0.358. The monoisotopic (exact) mass is 276 g/mol. The predicted octanol–water partition coefficient (Wildman–Crippen LogP) is 2.00. The Morgan fingerprint density at radius 1 is 1.55 bits per heavy atom. The number of furan rings is 1. The van der Waals surface area contributed by atoms with Crippen molar-refractivity contribution in [3.8, 4) is 0 Å². The molecule has 6 heteroatoms. The fourth-order valence-corrected chi connectivity index (χ4v) is 2.00. The van der Waals surface area contributed by atoms with Crippen LogP contribution in [0.15, 0.2) is 33.6 Å². The molecule has 20 heavy (non-hydrogen) atoms. The van der Waals surface area contributed by atoms with E-state index in [1.807, 2.05) is 0 Å². The van der Waals surface area contributed by atoms with E-state index in [4.69, 9.17) is 8.94 Å². The van der Waals surface area contributed by atoms with Crippen LogP contribution in [0.5, 0.6) is 0 Å². The average molecular weight is 276 g/mol. The Kier molecular flexibility index (Phi) is 3.56. The first-order valence-electron chi connectivity index (χ1n) is 6.69. The van der Waals surface area contributed by atoms with Gasteiger partial charge in [-0.1, -0.05) is 5.16 Å². The van der Waals surface area contributed by atoms with Crippen molar-refractivity contribution in [3.05, 3.63) is 41.7 Å². The molecule has 1 fully saturated rings. The number of carbonyl (C=O) groups excluding carboxylic acids is 1. The number of amides is 1. The fraction of sp³-hybridized carbons (Fsp3) is 0.429. The summed E-state index contributed by atoms with van der Waals surface area (Å²) in [6, 6.07) is 3.39. The van der Waals surface area contributed by atoms with E-state index < -0.39 is 6.10 Å². The number of hydrogen-bond donors (Lipinski definition) is 2. The lowest BCUT2D eigenvalue weighted by Gasteiger charge is -2.08. The van der Waals surface area contributed by atoms with Crippen LogP contribution < -0.4 is 5.32 Å². The zero-order valence-corrected chi connectivity index (χ0v) is 10.9. The summed E-state index contributed by atoms with van der Waals surface area (Å²) < 4.78 is 10.0. The molecule has 2 N–H and O–H groups in total. The Bertz CT molecular complexity index is 572. The van der Waals surface area contributed by atoms with Crippen molar-refractivity contribution >= 4 is 5.91 Å². The highest BCUT2D eigenvalue weighted by Crippen LogP contribution is 2.40. The zero-order valence-electron chi connectivity index (χ0n) is 10.9. The van der Waals surface area contributed by atoms with Gasteiger partial charge in [0, 0.05) is 24.1 Å². The third-order valence-corrected chi connectivity index (χ3v) is 3.37. The van der Waals surface area contributed by atoms with Crippen LogP contribution >= 0.6 is 0 Å². The molecule has 1 aliphatic rings. The number of aliphatic hydroxyl groups excluding tert-OH is 1. The molecule has 2 aromatic rings. The van der Waals surface area contributed by atoms with Crippen molar-refractivity contribution < 1.29 is 18.8 Å². The third kappa shape index (κ3) is 2.91. The SMILES string of the molecule is O=C(NCCC(O)c1ccoc1)c1cc(C2CC2)on1. The van der Waals surface area contributed by atoms with Gasteiger partial charge in [-0.15, -0.1) is 0 Å². The molecule has 0 bridgehead atoms. The highest BCUT2D eigenvalue weighted by Gasteiger charge is 2.28. The van der Waals surface area contributed by atoms with Gasteiger partial charge in [-0.3, -0.25) is 4.79 Å². The standard InChI is InChI=1S/C14H16N2O4/c17-12(10-4-6-19-8-10)3-5-15-14(18)11-7-13(20-16-11)9-1-2-9/h4,6-9,12,17H,1-3,5H2,(H,15,18). The summed E-state index contributed by atoms with van der Waals surface area (Å²) in [6.07, 6.45) is 4.98. The minimum atomic E-state index is -0.645. The zero-order chi connectivity index (χ0) is 13.9. The van der Waals surface area contributed by atoms with Crippen LogP contribution in [0.25, 0.3) is 0 Å². The van der Waals surface area contributed by atoms with Crippen LogP contribution in [0.1, 0.15) is 53.1 Å². The predicted molar refractivity (Wildman–Crippen MR) is 69.1 cm³/mol. The molecule has 0 saturated heterocycles. The molecule has 1 atom stereocenters. The lowest BCUT2D eigenvalue weighted by Crippen LogP contribution is -2.25. The Morgan fingerprint density at radius 2 is 2.40 bits per heavy atom. The van der Waals surface area contributed by atoms with E-state index in [2.05, 4.69) is 10.5 Å². The quantitative estimate of drug-likeness (QED) is 0.842. The minimum Gasteiger partial charge on any atom is -0.472 e. The molecule has 0 aliphatic heterocycles. The lowest BCUT2D eigenvalue weighted by molar-refractivity contribution is 0.0933. The summed E-state index contributed by atoms with van der Waals surface area (Å²) >= 11 is 0. The van der Waals surface area contributed by atoms with Gasteiger partial charge >= 0.3 is 0 Å². The average Bonchev–Trinajstić information content (AvgIpc) is 2.97. The molecule has 3 rings (SSSR count). The summed E-state index contributed by atoms with van der Waals surface area (Å²) in [5.41, 5.74) is 1.00. The number of nitrogens with one attached hydrogen (secondary N) is 1. The number of aliphatic hydroxyl groups is 1. The van der Waals surface area contributed by atoms with Gasteiger partial charge in [0.05, 0.1) is 18.6 Å². The maximum absolute atomic E-state index is 11.8. The largest absolute Gasteiger partial charge is 0.472 e. The van der Waals surface area contributed by atoms with Crippen LogP contribution in [-0.4, -0.2) is 22.7 Å². The Balaban J connectivity index is 1.46. The molecule has 106 valence electrons. The van der Waals surface area contributed by atoms with Gasteiger partial charge in [-0.05, 0) is 25.3 Å². The molecule has 2 aromatic heterocycles. The van der Waals surface area contributed by atoms with Gasteiger partial charge in [0.15, 0.2) is 5.69 Å². The molecule has 0 radical (unpaired) electrons. The molecule has 6 nitrogen and oxygen atoms in total. The number of carbonyl (C=O) groups is 1. The van der Waals surface area contributed by atoms with Crippen LogP contribution in [0, 0.1) is 0 Å². The molecule has 1 amide bonds. The summed E-state index contributed by atoms with van der Waals surface area (Å²) in [5.74, 6) is 0.945. The Labute approximate surface area is 115 Å². The van der Waals surface area contributed by atoms with Crippen molar-refractivity contribution in [2.75, 3.05) is 6.54 Å². The summed E-state index contributed by atoms with van der Waals surface area (Å²) in [4.78, 5) is 11.8. The van der Waals surface area contributed by atoms with Crippen LogP contribution in [-0.2, 0) is 0 Å². The minimum absolute atomic E-state index is 0.278. The first kappa shape index (κ1) is 12.9. The van der Waals surface area contributed by atoms with Gasteiger partial charge < -0.3 is 19.4 Å². The number of nitrogens with zero attached hydrogens (tertiary/aromatic N) is 1. The third-order valence-electron chi connectivity index (χ3n) is 3.37. The first-order chi connectivity index (χ1) is 9.74. The van der Waals surface area contributed by atoms with Crippen molar-refractivity contribution in [1.29, 1.82) is 0 Å². The van der Waals surface area contributed by atoms with Crippen molar-refractivity contribution in [2.45, 2.75) is 31.3 Å². The fourth-order valence-electron chi connectivity index (χ4n) is 2.00. The molecule has 0 aromatic carbocycles. The Morgan fingerprint density at radius 3 is 3.10 bits per heavy atom. The molecule has 2 heterocycles. The number of hydrogen-bond acceptors (Lipinski definition) is 5. The van der Waals surface area contributed by atoms with Gasteiger partial charge in [0.2, 0.25) is 0 Å². The highest BCUT2D eigenvalue weighted by molar-refractivity contribution is 5.92. The van der Waals surface area contributed by atoms with Gasteiger partial charge in [-0.2, -0.15) is 0 Å². The maximum Gasteiger partial charge on any atom is 0.273 e. The maximum atomic E-state index is 11.8. The van der Waals surface area contributed by atoms with Crippen molar-refractivity contribution in [3.63, 3.8) is 0 Å². The Hall–Kier alpha value is -2.08. The second kappa shape index (κ2) is 5.50. The van der Waals surface area contributed by atoms with Crippen molar-refractivity contribution in [2.24, 2.45) is 0 Å². The van der Waals surface area contributed by atoms with E-state index in [0.29, 0.717) is 30.1 Å². The summed E-state index contributed by atoms with van der Waals surface area (Å²) in [7, 11) is 0. The smallest absolute Gasteiger partial charge is 0.273 e. The van der Waals surface area contributed by atoms with Gasteiger partial charge in [0.1, 0.15) is 5.76 Å². The van der Waals surface area contributed by atoms with E-state index in [9.17, 15) is 9.90 Å².